The summed E-state index contributed by atoms with van der Waals surface area (Å²) in [6, 6.07) is 0.0132. The van der Waals surface area contributed by atoms with Crippen molar-refractivity contribution in [3.63, 3.8) is 0 Å². The van der Waals surface area contributed by atoms with Gasteiger partial charge in [0.1, 0.15) is 5.65 Å². The van der Waals surface area contributed by atoms with Crippen molar-refractivity contribution in [2.24, 2.45) is 11.8 Å². The van der Waals surface area contributed by atoms with Crippen LogP contribution in [0.4, 0.5) is 8.78 Å². The number of rotatable bonds is 8. The molecule has 12 heteroatoms. The third-order valence-corrected chi connectivity index (χ3v) is 7.68. The number of carbonyl (C=O) groups excluding carboxylic acids is 2. The van der Waals surface area contributed by atoms with Gasteiger partial charge in [-0.2, -0.15) is 9.61 Å². The minimum absolute atomic E-state index is 0.0132. The second kappa shape index (κ2) is 10.4. The second-order valence-corrected chi connectivity index (χ2v) is 11.6. The molecule has 5 rings (SSSR count). The largest absolute Gasteiger partial charge is 0.492 e. The molecular formula is C27H36F2N6O4. The van der Waals surface area contributed by atoms with Crippen molar-refractivity contribution in [2.45, 2.75) is 65.0 Å². The number of hydrogen-bond acceptors (Lipinski definition) is 6. The fourth-order valence-electron chi connectivity index (χ4n) is 5.47. The Morgan fingerprint density at radius 3 is 2.44 bits per heavy atom. The number of fused-ring (bicyclic) bond motifs is 1. The maximum Gasteiger partial charge on any atom is 0.270 e. The zero-order valence-corrected chi connectivity index (χ0v) is 22.6. The molecule has 2 aliphatic carbocycles. The molecule has 2 saturated carbocycles. The van der Waals surface area contributed by atoms with E-state index in [-0.39, 0.29) is 42.2 Å². The molecule has 39 heavy (non-hydrogen) atoms. The Labute approximate surface area is 225 Å². The Morgan fingerprint density at radius 2 is 1.85 bits per heavy atom. The lowest BCUT2D eigenvalue weighted by atomic mass is 9.81. The van der Waals surface area contributed by atoms with E-state index in [0.29, 0.717) is 56.2 Å². The van der Waals surface area contributed by atoms with Crippen LogP contribution in [-0.4, -0.2) is 85.6 Å². The first-order valence-electron chi connectivity index (χ1n) is 13.7. The van der Waals surface area contributed by atoms with E-state index in [1.165, 1.54) is 15.2 Å². The molecule has 1 saturated heterocycles. The molecule has 0 bridgehead atoms. The topological polar surface area (TPSA) is 112 Å². The third-order valence-electron chi connectivity index (χ3n) is 7.68. The Bertz CT molecular complexity index is 1360. The average molecular weight is 547 g/mol. The first kappa shape index (κ1) is 27.3. The summed E-state index contributed by atoms with van der Waals surface area (Å²) in [6.45, 7) is 8.78. The summed E-state index contributed by atoms with van der Waals surface area (Å²) >= 11 is 0. The molecule has 0 radical (unpaired) electrons. The molecule has 2 aromatic rings. The highest BCUT2D eigenvalue weighted by molar-refractivity contribution is 5.97. The fourth-order valence-corrected chi connectivity index (χ4v) is 5.47. The van der Waals surface area contributed by atoms with Gasteiger partial charge in [-0.05, 0) is 37.7 Å². The van der Waals surface area contributed by atoms with Crippen LogP contribution in [0, 0.1) is 18.8 Å². The van der Waals surface area contributed by atoms with Gasteiger partial charge in [-0.15, -0.1) is 0 Å². The summed E-state index contributed by atoms with van der Waals surface area (Å²) in [6.07, 6.45) is 4.60. The molecule has 212 valence electrons. The van der Waals surface area contributed by atoms with E-state index < -0.39 is 23.3 Å². The van der Waals surface area contributed by atoms with Crippen LogP contribution in [-0.2, 0) is 11.3 Å². The van der Waals surface area contributed by atoms with Gasteiger partial charge in [0.2, 0.25) is 17.7 Å². The second-order valence-electron chi connectivity index (χ2n) is 11.6. The lowest BCUT2D eigenvalue weighted by Gasteiger charge is -2.41. The Kier molecular flexibility index (Phi) is 7.25. The van der Waals surface area contributed by atoms with Gasteiger partial charge in [-0.25, -0.2) is 8.78 Å². The number of piperazine rings is 1. The van der Waals surface area contributed by atoms with Gasteiger partial charge in [0.15, 0.2) is 5.56 Å². The summed E-state index contributed by atoms with van der Waals surface area (Å²) in [5, 5.41) is 18.1. The number of halogens is 2. The number of carbonyl (C=O) groups is 2. The molecule has 3 heterocycles. The minimum atomic E-state index is -2.52. The van der Waals surface area contributed by atoms with Crippen molar-refractivity contribution in [3.05, 3.63) is 33.3 Å². The molecule has 3 aliphatic rings. The molecule has 0 unspecified atom stereocenters. The number of hydrogen-bond donors (Lipinski definition) is 2. The number of aromatic nitrogens is 3. The summed E-state index contributed by atoms with van der Waals surface area (Å²) in [7, 11) is 0. The SMILES string of the molecule is Cc1nn2c(O)c(C(=O)NC3CC3)c(=O)n(CC(C)C)c2c1C=CC(=O)N1CCN(CC2CC(F)(F)C2)CC1. The quantitative estimate of drug-likeness (QED) is 0.492. The van der Waals surface area contributed by atoms with Gasteiger partial charge in [-0.1, -0.05) is 13.8 Å². The van der Waals surface area contributed by atoms with Crippen molar-refractivity contribution >= 4 is 23.5 Å². The smallest absolute Gasteiger partial charge is 0.270 e. The van der Waals surface area contributed by atoms with E-state index in [1.54, 1.807) is 17.9 Å². The number of aromatic hydroxyl groups is 1. The standard InChI is InChI=1S/C27H36F2N6O4/c1-16(2)14-34-24-20(17(3)31-35(24)26(39)22(25(34)38)23(37)30-19-4-5-19)6-7-21(36)33-10-8-32(9-11-33)15-18-12-27(28,29)13-18/h6-7,16,18-19,39H,4-5,8-15H2,1-3H3,(H,30,37). The first-order valence-corrected chi connectivity index (χ1v) is 13.7. The Morgan fingerprint density at radius 1 is 1.18 bits per heavy atom. The van der Waals surface area contributed by atoms with Gasteiger partial charge in [0.25, 0.3) is 11.5 Å². The lowest BCUT2D eigenvalue weighted by molar-refractivity contribution is -0.129. The molecule has 3 fully saturated rings. The first-order chi connectivity index (χ1) is 18.4. The van der Waals surface area contributed by atoms with Crippen LogP contribution in [0.3, 0.4) is 0 Å². The van der Waals surface area contributed by atoms with Crippen LogP contribution >= 0.6 is 0 Å². The number of nitrogens with one attached hydrogen (secondary N) is 1. The maximum absolute atomic E-state index is 13.5. The molecule has 10 nitrogen and oxygen atoms in total. The molecule has 0 aromatic carbocycles. The molecule has 2 N–H and O–H groups in total. The van der Waals surface area contributed by atoms with Crippen LogP contribution < -0.4 is 10.9 Å². The van der Waals surface area contributed by atoms with Gasteiger partial charge in [-0.3, -0.25) is 23.9 Å². The van der Waals surface area contributed by atoms with Gasteiger partial charge < -0.3 is 15.3 Å². The van der Waals surface area contributed by atoms with Gasteiger partial charge in [0.05, 0.1) is 5.69 Å². The molecule has 1 aliphatic heterocycles. The maximum atomic E-state index is 13.5. The van der Waals surface area contributed by atoms with Crippen molar-refractivity contribution in [1.29, 1.82) is 0 Å². The summed E-state index contributed by atoms with van der Waals surface area (Å²) in [5.41, 5.74) is 0.377. The van der Waals surface area contributed by atoms with E-state index in [0.717, 1.165) is 12.8 Å². The van der Waals surface area contributed by atoms with Crippen LogP contribution in [0.15, 0.2) is 10.9 Å². The zero-order valence-electron chi connectivity index (χ0n) is 22.6. The Balaban J connectivity index is 1.35. The Hall–Kier alpha value is -3.28. The predicted molar refractivity (Wildman–Crippen MR) is 141 cm³/mol. The molecule has 0 spiro atoms. The molecule has 2 amide bonds. The third kappa shape index (κ3) is 5.70. The van der Waals surface area contributed by atoms with Crippen LogP contribution in [0.2, 0.25) is 0 Å². The zero-order chi connectivity index (χ0) is 28.1. The highest BCUT2D eigenvalue weighted by Gasteiger charge is 2.45. The predicted octanol–water partition coefficient (Wildman–Crippen LogP) is 2.26. The molecule has 2 aromatic heterocycles. The van der Waals surface area contributed by atoms with Crippen LogP contribution in [0.5, 0.6) is 5.88 Å². The van der Waals surface area contributed by atoms with E-state index in [9.17, 15) is 28.3 Å². The van der Waals surface area contributed by atoms with Crippen molar-refractivity contribution in [3.8, 4) is 5.88 Å². The van der Waals surface area contributed by atoms with E-state index in [2.05, 4.69) is 15.3 Å². The normalized spacial score (nSPS) is 20.2. The van der Waals surface area contributed by atoms with E-state index in [4.69, 9.17) is 0 Å². The van der Waals surface area contributed by atoms with Crippen molar-refractivity contribution in [1.82, 2.24) is 29.3 Å². The van der Waals surface area contributed by atoms with E-state index >= 15 is 0 Å². The summed E-state index contributed by atoms with van der Waals surface area (Å²) in [4.78, 5) is 43.1. The van der Waals surface area contributed by atoms with Crippen molar-refractivity contribution < 1.29 is 23.5 Å². The van der Waals surface area contributed by atoms with Crippen LogP contribution in [0.25, 0.3) is 11.7 Å². The highest BCUT2D eigenvalue weighted by Crippen LogP contribution is 2.42. The monoisotopic (exact) mass is 546 g/mol. The lowest BCUT2D eigenvalue weighted by Crippen LogP contribution is -2.51. The summed E-state index contributed by atoms with van der Waals surface area (Å²) in [5.74, 6) is -3.80. The van der Waals surface area contributed by atoms with E-state index in [1.807, 2.05) is 13.8 Å². The summed E-state index contributed by atoms with van der Waals surface area (Å²) < 4.78 is 28.9. The van der Waals surface area contributed by atoms with Gasteiger partial charge in [0, 0.05) is 69.8 Å². The molecular weight excluding hydrogens is 510 g/mol. The van der Waals surface area contributed by atoms with Crippen LogP contribution in [0.1, 0.15) is 61.1 Å². The fraction of sp³-hybridized carbons (Fsp3) is 0.630. The molecule has 0 atom stereocenters. The number of nitrogens with zero attached hydrogens (tertiary/aromatic N) is 5. The number of aryl methyl sites for hydroxylation is 1. The average Bonchev–Trinajstić information content (AvgIpc) is 3.59. The van der Waals surface area contributed by atoms with Gasteiger partial charge >= 0.3 is 0 Å². The van der Waals surface area contributed by atoms with Crippen molar-refractivity contribution in [2.75, 3.05) is 32.7 Å². The number of amides is 2. The minimum Gasteiger partial charge on any atom is -0.492 e. The number of alkyl halides is 2. The highest BCUT2D eigenvalue weighted by atomic mass is 19.3.